The lowest BCUT2D eigenvalue weighted by Crippen LogP contribution is -2.44. The fraction of sp³-hybridized carbons (Fsp3) is 0.944. The molecule has 0 unspecified atom stereocenters. The summed E-state index contributed by atoms with van der Waals surface area (Å²) in [6, 6.07) is 0. The molecule has 5 nitrogen and oxygen atoms in total. The highest BCUT2D eigenvalue weighted by molar-refractivity contribution is 5.81. The lowest BCUT2D eigenvalue weighted by Gasteiger charge is -2.25. The Hall–Kier alpha value is -1.10. The summed E-state index contributed by atoms with van der Waals surface area (Å²) in [4.78, 5) is 30.5. The van der Waals surface area contributed by atoms with Crippen molar-refractivity contribution >= 4 is 11.8 Å². The first-order valence-corrected chi connectivity index (χ1v) is 18.4. The maximum absolute atomic E-state index is 13.2. The van der Waals surface area contributed by atoms with E-state index in [4.69, 9.17) is 0 Å². The summed E-state index contributed by atoms with van der Waals surface area (Å²) in [5.41, 5.74) is 0. The number of nitrogens with zero attached hydrogens (tertiary/aromatic N) is 2. The second-order valence-electron chi connectivity index (χ2n) is 12.4. The van der Waals surface area contributed by atoms with Crippen LogP contribution in [0.1, 0.15) is 182 Å². The second-order valence-corrected chi connectivity index (χ2v) is 12.4. The van der Waals surface area contributed by atoms with Crippen LogP contribution in [0, 0.1) is 0 Å². The average molecular weight is 580 g/mol. The van der Waals surface area contributed by atoms with Crippen LogP contribution in [-0.4, -0.2) is 60.9 Å². The zero-order chi connectivity index (χ0) is 30.2. The molecule has 0 radical (unpaired) electrons. The van der Waals surface area contributed by atoms with Crippen molar-refractivity contribution in [2.75, 3.05) is 39.3 Å². The largest absolute Gasteiger partial charge is 0.342 e. The molecular formula is C36H73N3O2. The molecule has 0 aliphatic heterocycles. The summed E-state index contributed by atoms with van der Waals surface area (Å²) < 4.78 is 0. The first-order chi connectivity index (χ1) is 20.1. The molecule has 0 spiro atoms. The minimum atomic E-state index is 0.165. The van der Waals surface area contributed by atoms with Crippen LogP contribution in [0.2, 0.25) is 0 Å². The molecule has 0 rings (SSSR count). The van der Waals surface area contributed by atoms with Crippen LogP contribution in [0.25, 0.3) is 0 Å². The zero-order valence-corrected chi connectivity index (χ0v) is 28.4. The van der Waals surface area contributed by atoms with Gasteiger partial charge in [0, 0.05) is 26.2 Å². The number of carbonyl (C=O) groups is 2. The quantitative estimate of drug-likeness (QED) is 0.0807. The third kappa shape index (κ3) is 26.3. The number of hydrogen-bond donors (Lipinski definition) is 1. The van der Waals surface area contributed by atoms with Gasteiger partial charge < -0.3 is 9.80 Å². The lowest BCUT2D eigenvalue weighted by atomic mass is 10.1. The summed E-state index contributed by atoms with van der Waals surface area (Å²) in [7, 11) is 0. The molecule has 0 bridgehead atoms. The molecule has 0 aliphatic carbocycles. The third-order valence-electron chi connectivity index (χ3n) is 8.38. The Morgan fingerprint density at radius 1 is 0.366 bits per heavy atom. The van der Waals surface area contributed by atoms with E-state index >= 15 is 0 Å². The third-order valence-corrected chi connectivity index (χ3v) is 8.38. The van der Waals surface area contributed by atoms with Gasteiger partial charge in [0.15, 0.2) is 0 Å². The minimum Gasteiger partial charge on any atom is -0.342 e. The van der Waals surface area contributed by atoms with Crippen molar-refractivity contribution < 1.29 is 9.59 Å². The van der Waals surface area contributed by atoms with E-state index in [1.807, 2.05) is 0 Å². The number of rotatable bonds is 32. The molecule has 0 atom stereocenters. The average Bonchev–Trinajstić information content (AvgIpc) is 2.97. The van der Waals surface area contributed by atoms with Crippen LogP contribution in [0.3, 0.4) is 0 Å². The Kier molecular flexibility index (Phi) is 31.0. The van der Waals surface area contributed by atoms with Gasteiger partial charge in [-0.05, 0) is 25.7 Å². The Bertz CT molecular complexity index is 489. The summed E-state index contributed by atoms with van der Waals surface area (Å²) in [5, 5.41) is 3.24. The summed E-state index contributed by atoms with van der Waals surface area (Å²) in [6.45, 7) is 13.0. The molecule has 0 aliphatic rings. The molecular weight excluding hydrogens is 506 g/mol. The van der Waals surface area contributed by atoms with Crippen LogP contribution < -0.4 is 5.32 Å². The molecule has 0 heterocycles. The number of carbonyl (C=O) groups excluding carboxylic acids is 2. The van der Waals surface area contributed by atoms with Gasteiger partial charge in [-0.15, -0.1) is 0 Å². The van der Waals surface area contributed by atoms with Crippen LogP contribution >= 0.6 is 0 Å². The predicted molar refractivity (Wildman–Crippen MR) is 180 cm³/mol. The molecule has 41 heavy (non-hydrogen) atoms. The van der Waals surface area contributed by atoms with Gasteiger partial charge in [0.05, 0.1) is 13.1 Å². The number of amides is 2. The highest BCUT2D eigenvalue weighted by atomic mass is 16.2. The van der Waals surface area contributed by atoms with E-state index in [0.717, 1.165) is 51.9 Å². The maximum atomic E-state index is 13.2. The minimum absolute atomic E-state index is 0.165. The van der Waals surface area contributed by atoms with E-state index < -0.39 is 0 Å². The van der Waals surface area contributed by atoms with Crippen molar-refractivity contribution in [2.24, 2.45) is 0 Å². The van der Waals surface area contributed by atoms with Gasteiger partial charge in [0.1, 0.15) is 0 Å². The van der Waals surface area contributed by atoms with Crippen molar-refractivity contribution in [3.63, 3.8) is 0 Å². The zero-order valence-electron chi connectivity index (χ0n) is 28.4. The van der Waals surface area contributed by atoms with Gasteiger partial charge in [0.25, 0.3) is 0 Å². The van der Waals surface area contributed by atoms with Crippen molar-refractivity contribution in [3.05, 3.63) is 0 Å². The fourth-order valence-electron chi connectivity index (χ4n) is 5.55. The van der Waals surface area contributed by atoms with Gasteiger partial charge in [-0.2, -0.15) is 0 Å². The van der Waals surface area contributed by atoms with Crippen molar-refractivity contribution in [2.45, 2.75) is 182 Å². The first kappa shape index (κ1) is 39.9. The smallest absolute Gasteiger partial charge is 0.236 e. The fourth-order valence-corrected chi connectivity index (χ4v) is 5.55. The molecule has 0 aromatic rings. The van der Waals surface area contributed by atoms with Crippen LogP contribution in [-0.2, 0) is 9.59 Å². The van der Waals surface area contributed by atoms with E-state index in [0.29, 0.717) is 0 Å². The van der Waals surface area contributed by atoms with E-state index in [-0.39, 0.29) is 24.9 Å². The summed E-state index contributed by atoms with van der Waals surface area (Å²) in [5.74, 6) is 0.330. The van der Waals surface area contributed by atoms with Crippen molar-refractivity contribution in [1.82, 2.24) is 15.1 Å². The van der Waals surface area contributed by atoms with Crippen LogP contribution in [0.15, 0.2) is 0 Å². The predicted octanol–water partition coefficient (Wildman–Crippen LogP) is 9.68. The Morgan fingerprint density at radius 3 is 0.829 bits per heavy atom. The van der Waals surface area contributed by atoms with E-state index in [1.165, 1.54) is 128 Å². The number of hydrogen-bond acceptors (Lipinski definition) is 3. The molecule has 0 aromatic heterocycles. The topological polar surface area (TPSA) is 52.7 Å². The van der Waals surface area contributed by atoms with Gasteiger partial charge >= 0.3 is 0 Å². The molecule has 2 amide bonds. The van der Waals surface area contributed by atoms with Gasteiger partial charge in [0.2, 0.25) is 11.8 Å². The molecule has 1 N–H and O–H groups in total. The Balaban J connectivity index is 4.67. The van der Waals surface area contributed by atoms with E-state index in [9.17, 15) is 9.59 Å². The molecule has 5 heteroatoms. The van der Waals surface area contributed by atoms with Crippen LogP contribution in [0.4, 0.5) is 0 Å². The Labute approximate surface area is 257 Å². The molecule has 244 valence electrons. The van der Waals surface area contributed by atoms with E-state index in [2.05, 4.69) is 42.8 Å². The van der Waals surface area contributed by atoms with Gasteiger partial charge in [-0.1, -0.05) is 156 Å². The monoisotopic (exact) mass is 580 g/mol. The number of nitrogens with one attached hydrogen (secondary N) is 1. The number of unbranched alkanes of at least 4 members (excludes halogenated alkanes) is 20. The SMILES string of the molecule is CCCCCCCCN(CCCCCCCC)C(=O)CNCC(=O)N(CCCCCCCC)CCCCCCCC. The van der Waals surface area contributed by atoms with Crippen LogP contribution in [0.5, 0.6) is 0 Å². The second kappa shape index (κ2) is 31.8. The Morgan fingerprint density at radius 2 is 0.585 bits per heavy atom. The van der Waals surface area contributed by atoms with Gasteiger partial charge in [-0.3, -0.25) is 14.9 Å². The molecule has 0 saturated carbocycles. The first-order valence-electron chi connectivity index (χ1n) is 18.4. The highest BCUT2D eigenvalue weighted by Gasteiger charge is 2.16. The highest BCUT2D eigenvalue weighted by Crippen LogP contribution is 2.11. The summed E-state index contributed by atoms with van der Waals surface area (Å²) in [6.07, 6.45) is 29.8. The standard InChI is InChI=1S/C36H73N3O2/c1-5-9-13-17-21-25-29-38(30-26-22-18-14-10-6-2)35(40)33-37-34-36(41)39(31-27-23-19-15-11-7-3)32-28-24-20-16-12-8-4/h37H,5-34H2,1-4H3. The van der Waals surface area contributed by atoms with E-state index in [1.54, 1.807) is 0 Å². The van der Waals surface area contributed by atoms with Crippen molar-refractivity contribution in [3.8, 4) is 0 Å². The molecule has 0 fully saturated rings. The summed E-state index contributed by atoms with van der Waals surface area (Å²) >= 11 is 0. The maximum Gasteiger partial charge on any atom is 0.236 e. The van der Waals surface area contributed by atoms with Crippen molar-refractivity contribution in [1.29, 1.82) is 0 Å². The normalized spacial score (nSPS) is 11.2. The molecule has 0 saturated heterocycles. The molecule has 0 aromatic carbocycles. The lowest BCUT2D eigenvalue weighted by molar-refractivity contribution is -0.131. The van der Waals surface area contributed by atoms with Gasteiger partial charge in [-0.25, -0.2) is 0 Å².